The second-order valence-electron chi connectivity index (χ2n) is 5.85. The monoisotopic (exact) mass is 324 g/mol. The Balaban J connectivity index is 1.92. The highest BCUT2D eigenvalue weighted by Gasteiger charge is 2.25. The van der Waals surface area contributed by atoms with Gasteiger partial charge in [-0.15, -0.1) is 0 Å². The number of anilines is 2. The molecule has 1 atom stereocenters. The minimum atomic E-state index is -0.568. The van der Waals surface area contributed by atoms with Gasteiger partial charge in [-0.1, -0.05) is 12.1 Å². The minimum absolute atomic E-state index is 0.0981. The third-order valence-corrected chi connectivity index (χ3v) is 4.03. The summed E-state index contributed by atoms with van der Waals surface area (Å²) in [5.41, 5.74) is 3.08. The van der Waals surface area contributed by atoms with Crippen LogP contribution in [0.5, 0.6) is 5.75 Å². The number of amides is 2. The van der Waals surface area contributed by atoms with E-state index < -0.39 is 6.10 Å². The van der Waals surface area contributed by atoms with Crippen LogP contribution in [0.25, 0.3) is 0 Å². The van der Waals surface area contributed by atoms with E-state index in [-0.39, 0.29) is 11.8 Å². The molecule has 124 valence electrons. The fraction of sp³-hybridized carbons (Fsp3) is 0.263. The molecule has 5 nitrogen and oxygen atoms in total. The predicted octanol–water partition coefficient (Wildman–Crippen LogP) is 3.38. The third kappa shape index (κ3) is 2.97. The molecule has 24 heavy (non-hydrogen) atoms. The van der Waals surface area contributed by atoms with Gasteiger partial charge >= 0.3 is 0 Å². The van der Waals surface area contributed by atoms with E-state index in [1.165, 1.54) is 0 Å². The van der Waals surface area contributed by atoms with Gasteiger partial charge in [-0.2, -0.15) is 0 Å². The van der Waals surface area contributed by atoms with E-state index in [2.05, 4.69) is 5.32 Å². The highest BCUT2D eigenvalue weighted by Crippen LogP contribution is 2.31. The first kappa shape index (κ1) is 16.1. The van der Waals surface area contributed by atoms with Crippen molar-refractivity contribution in [3.8, 4) is 5.75 Å². The molecule has 1 unspecified atom stereocenters. The number of carbonyl (C=O) groups excluding carboxylic acids is 2. The summed E-state index contributed by atoms with van der Waals surface area (Å²) in [6.45, 7) is 6.18. The van der Waals surface area contributed by atoms with Crippen LogP contribution in [0.1, 0.15) is 29.8 Å². The van der Waals surface area contributed by atoms with Crippen LogP contribution in [0.15, 0.2) is 42.5 Å². The van der Waals surface area contributed by atoms with Gasteiger partial charge in [-0.05, 0) is 56.7 Å². The second-order valence-corrected chi connectivity index (χ2v) is 5.85. The molecule has 1 aliphatic rings. The Morgan fingerprint density at radius 2 is 2.04 bits per heavy atom. The summed E-state index contributed by atoms with van der Waals surface area (Å²) in [5.74, 6) is 0.240. The predicted molar refractivity (Wildman–Crippen MR) is 93.7 cm³/mol. The van der Waals surface area contributed by atoms with Crippen LogP contribution in [0.4, 0.5) is 11.4 Å². The summed E-state index contributed by atoms with van der Waals surface area (Å²) >= 11 is 0. The third-order valence-electron chi connectivity index (χ3n) is 4.03. The molecule has 0 spiro atoms. The van der Waals surface area contributed by atoms with Crippen molar-refractivity contribution in [1.29, 1.82) is 0 Å². The lowest BCUT2D eigenvalue weighted by molar-refractivity contribution is -0.122. The van der Waals surface area contributed by atoms with Crippen molar-refractivity contribution in [1.82, 2.24) is 0 Å². The van der Waals surface area contributed by atoms with Crippen molar-refractivity contribution in [3.05, 3.63) is 53.6 Å². The second kappa shape index (κ2) is 6.35. The number of hydrogen-bond donors (Lipinski definition) is 1. The number of fused-ring (bicyclic) bond motifs is 1. The Morgan fingerprint density at radius 1 is 1.25 bits per heavy atom. The Kier molecular flexibility index (Phi) is 4.25. The van der Waals surface area contributed by atoms with Crippen LogP contribution in [0.3, 0.4) is 0 Å². The molecule has 0 radical (unpaired) electrons. The molecule has 2 aromatic carbocycles. The standard InChI is InChI=1S/C19H20N2O3/c1-4-21(15-7-5-6-12(2)10-15)19(23)14-8-9-16-17(11-14)24-13(3)18(22)20-16/h5-11,13H,4H2,1-3H3,(H,20,22). The Hall–Kier alpha value is -2.82. The zero-order valence-electron chi connectivity index (χ0n) is 14.0. The van der Waals surface area contributed by atoms with Crippen LogP contribution in [0.2, 0.25) is 0 Å². The van der Waals surface area contributed by atoms with E-state index in [4.69, 9.17) is 4.74 Å². The lowest BCUT2D eigenvalue weighted by Gasteiger charge is -2.25. The average Bonchev–Trinajstić information content (AvgIpc) is 2.56. The van der Waals surface area contributed by atoms with Gasteiger partial charge in [0.2, 0.25) is 0 Å². The molecule has 5 heteroatoms. The summed E-state index contributed by atoms with van der Waals surface area (Å²) in [4.78, 5) is 26.3. The van der Waals surface area contributed by atoms with Gasteiger partial charge in [-0.25, -0.2) is 0 Å². The number of aryl methyl sites for hydroxylation is 1. The van der Waals surface area contributed by atoms with Crippen LogP contribution < -0.4 is 15.0 Å². The van der Waals surface area contributed by atoms with Crippen molar-refractivity contribution < 1.29 is 14.3 Å². The summed E-state index contributed by atoms with van der Waals surface area (Å²) in [7, 11) is 0. The smallest absolute Gasteiger partial charge is 0.265 e. The molecule has 0 aromatic heterocycles. The minimum Gasteiger partial charge on any atom is -0.479 e. The molecule has 0 bridgehead atoms. The molecule has 1 heterocycles. The molecule has 1 N–H and O–H groups in total. The molecule has 0 aliphatic carbocycles. The quantitative estimate of drug-likeness (QED) is 0.941. The zero-order valence-corrected chi connectivity index (χ0v) is 14.0. The first-order chi connectivity index (χ1) is 11.5. The van der Waals surface area contributed by atoms with Crippen LogP contribution in [0, 0.1) is 6.92 Å². The summed E-state index contributed by atoms with van der Waals surface area (Å²) in [6, 6.07) is 12.9. The maximum atomic E-state index is 12.9. The van der Waals surface area contributed by atoms with Crippen LogP contribution >= 0.6 is 0 Å². The fourth-order valence-corrected chi connectivity index (χ4v) is 2.73. The van der Waals surface area contributed by atoms with E-state index in [0.29, 0.717) is 23.5 Å². The average molecular weight is 324 g/mol. The summed E-state index contributed by atoms with van der Waals surface area (Å²) in [6.07, 6.45) is -0.568. The lowest BCUT2D eigenvalue weighted by atomic mass is 10.1. The number of carbonyl (C=O) groups is 2. The van der Waals surface area contributed by atoms with Gasteiger partial charge < -0.3 is 15.0 Å². The van der Waals surface area contributed by atoms with Gasteiger partial charge in [0.05, 0.1) is 5.69 Å². The van der Waals surface area contributed by atoms with Crippen molar-refractivity contribution in [2.45, 2.75) is 26.9 Å². The van der Waals surface area contributed by atoms with Crippen molar-refractivity contribution in [3.63, 3.8) is 0 Å². The first-order valence-electron chi connectivity index (χ1n) is 7.99. The molecule has 0 saturated heterocycles. The SMILES string of the molecule is CCN(C(=O)c1ccc2c(c1)OC(C)C(=O)N2)c1cccc(C)c1. The molecular formula is C19H20N2O3. The summed E-state index contributed by atoms with van der Waals surface area (Å²) < 4.78 is 5.59. The van der Waals surface area contributed by atoms with Gasteiger partial charge in [0.15, 0.2) is 6.10 Å². The number of benzene rings is 2. The number of rotatable bonds is 3. The largest absolute Gasteiger partial charge is 0.479 e. The maximum absolute atomic E-state index is 12.9. The van der Waals surface area contributed by atoms with E-state index in [1.54, 1.807) is 30.0 Å². The van der Waals surface area contributed by atoms with Gasteiger partial charge in [0.1, 0.15) is 5.75 Å². The first-order valence-corrected chi connectivity index (χ1v) is 7.99. The van der Waals surface area contributed by atoms with E-state index in [1.807, 2.05) is 38.1 Å². The normalized spacial score (nSPS) is 16.0. The Bertz CT molecular complexity index is 801. The number of nitrogens with one attached hydrogen (secondary N) is 1. The van der Waals surface area contributed by atoms with Gasteiger partial charge in [-0.3, -0.25) is 9.59 Å². The maximum Gasteiger partial charge on any atom is 0.265 e. The highest BCUT2D eigenvalue weighted by atomic mass is 16.5. The van der Waals surface area contributed by atoms with E-state index >= 15 is 0 Å². The fourth-order valence-electron chi connectivity index (χ4n) is 2.73. The molecular weight excluding hydrogens is 304 g/mol. The van der Waals surface area contributed by atoms with Crippen LogP contribution in [-0.2, 0) is 4.79 Å². The Labute approximate surface area is 141 Å². The van der Waals surface area contributed by atoms with E-state index in [0.717, 1.165) is 11.3 Å². The molecule has 0 saturated carbocycles. The molecule has 1 aliphatic heterocycles. The number of nitrogens with zero attached hydrogens (tertiary/aromatic N) is 1. The number of hydrogen-bond acceptors (Lipinski definition) is 3. The van der Waals surface area contributed by atoms with E-state index in [9.17, 15) is 9.59 Å². The Morgan fingerprint density at radius 3 is 2.75 bits per heavy atom. The molecule has 2 amide bonds. The van der Waals surface area contributed by atoms with Crippen molar-refractivity contribution >= 4 is 23.2 Å². The molecule has 0 fully saturated rings. The molecule has 2 aromatic rings. The van der Waals surface area contributed by atoms with Crippen LogP contribution in [-0.4, -0.2) is 24.5 Å². The van der Waals surface area contributed by atoms with Gasteiger partial charge in [0, 0.05) is 17.8 Å². The van der Waals surface area contributed by atoms with Gasteiger partial charge in [0.25, 0.3) is 11.8 Å². The number of ether oxygens (including phenoxy) is 1. The summed E-state index contributed by atoms with van der Waals surface area (Å²) in [5, 5.41) is 2.77. The molecule has 3 rings (SSSR count). The topological polar surface area (TPSA) is 58.6 Å². The van der Waals surface area contributed by atoms with Crippen molar-refractivity contribution in [2.75, 3.05) is 16.8 Å². The van der Waals surface area contributed by atoms with Crippen molar-refractivity contribution in [2.24, 2.45) is 0 Å². The highest BCUT2D eigenvalue weighted by molar-refractivity contribution is 6.07. The zero-order chi connectivity index (χ0) is 17.3. The lowest BCUT2D eigenvalue weighted by Crippen LogP contribution is -2.35.